The fraction of sp³-hybridized carbons (Fsp3) is 1.00. The maximum absolute atomic E-state index is 4.07. The largest absolute Gasteiger partial charge is 0.311 e. The van der Waals surface area contributed by atoms with Crippen LogP contribution in [0.25, 0.3) is 0 Å². The molecule has 1 heteroatoms. The first-order chi connectivity index (χ1) is 8.97. The van der Waals surface area contributed by atoms with Gasteiger partial charge >= 0.3 is 0 Å². The third-order valence-corrected chi connectivity index (χ3v) is 6.07. The van der Waals surface area contributed by atoms with Gasteiger partial charge < -0.3 is 5.32 Å². The molecule has 2 rings (SSSR count). The van der Waals surface area contributed by atoms with Crippen LogP contribution >= 0.6 is 0 Å². The standard InChI is InChI=1S/C18H35N/c1-12(2)17-9-6-13(3)10-18(17)19-16-8-7-14(4)15(5)11-16/h12-19H,6-11H2,1-5H3. The third-order valence-electron chi connectivity index (χ3n) is 6.07. The van der Waals surface area contributed by atoms with Crippen LogP contribution in [0.1, 0.15) is 73.1 Å². The lowest BCUT2D eigenvalue weighted by atomic mass is 9.72. The van der Waals surface area contributed by atoms with Gasteiger partial charge in [0.2, 0.25) is 0 Å². The van der Waals surface area contributed by atoms with Crippen molar-refractivity contribution in [3.63, 3.8) is 0 Å². The highest BCUT2D eigenvalue weighted by Gasteiger charge is 2.33. The zero-order valence-corrected chi connectivity index (χ0v) is 13.8. The minimum Gasteiger partial charge on any atom is -0.311 e. The van der Waals surface area contributed by atoms with E-state index in [1.807, 2.05) is 0 Å². The molecule has 1 nitrogen and oxygen atoms in total. The molecule has 0 saturated heterocycles. The average molecular weight is 265 g/mol. The summed E-state index contributed by atoms with van der Waals surface area (Å²) in [6, 6.07) is 1.58. The lowest BCUT2D eigenvalue weighted by molar-refractivity contribution is 0.134. The lowest BCUT2D eigenvalue weighted by Gasteiger charge is -2.42. The van der Waals surface area contributed by atoms with Crippen molar-refractivity contribution in [3.8, 4) is 0 Å². The normalized spacial score (nSPS) is 44.5. The van der Waals surface area contributed by atoms with E-state index >= 15 is 0 Å². The molecule has 0 aromatic rings. The molecule has 0 spiro atoms. The van der Waals surface area contributed by atoms with Crippen molar-refractivity contribution in [3.05, 3.63) is 0 Å². The maximum atomic E-state index is 4.07. The van der Waals surface area contributed by atoms with Crippen LogP contribution in [-0.2, 0) is 0 Å². The van der Waals surface area contributed by atoms with Gasteiger partial charge in [0.05, 0.1) is 0 Å². The van der Waals surface area contributed by atoms with Crippen molar-refractivity contribution in [2.45, 2.75) is 85.2 Å². The molecule has 6 atom stereocenters. The molecular weight excluding hydrogens is 230 g/mol. The molecule has 6 unspecified atom stereocenters. The van der Waals surface area contributed by atoms with Gasteiger partial charge in [-0.05, 0) is 61.7 Å². The highest BCUT2D eigenvalue weighted by molar-refractivity contribution is 4.89. The van der Waals surface area contributed by atoms with E-state index in [-0.39, 0.29) is 0 Å². The summed E-state index contributed by atoms with van der Waals surface area (Å²) in [6.07, 6.45) is 8.52. The van der Waals surface area contributed by atoms with Crippen LogP contribution in [0.5, 0.6) is 0 Å². The Bertz CT molecular complexity index is 273. The molecule has 0 aliphatic heterocycles. The van der Waals surface area contributed by atoms with Gasteiger partial charge in [-0.1, -0.05) is 41.0 Å². The van der Waals surface area contributed by atoms with E-state index in [0.29, 0.717) is 0 Å². The lowest BCUT2D eigenvalue weighted by Crippen LogP contribution is -2.49. The van der Waals surface area contributed by atoms with E-state index in [4.69, 9.17) is 0 Å². The summed E-state index contributed by atoms with van der Waals surface area (Å²) in [5.74, 6) is 4.51. The molecule has 2 aliphatic carbocycles. The predicted molar refractivity (Wildman–Crippen MR) is 84.2 cm³/mol. The molecule has 0 aromatic carbocycles. The number of nitrogens with one attached hydrogen (secondary N) is 1. The van der Waals surface area contributed by atoms with Crippen molar-refractivity contribution >= 4 is 0 Å². The Hall–Kier alpha value is -0.0400. The first-order valence-electron chi connectivity index (χ1n) is 8.73. The van der Waals surface area contributed by atoms with Crippen molar-refractivity contribution in [2.75, 3.05) is 0 Å². The van der Waals surface area contributed by atoms with Gasteiger partial charge in [0, 0.05) is 12.1 Å². The summed E-state index contributed by atoms with van der Waals surface area (Å²) in [5.41, 5.74) is 0. The molecule has 2 aliphatic rings. The molecule has 2 saturated carbocycles. The Morgan fingerprint density at radius 1 is 0.842 bits per heavy atom. The smallest absolute Gasteiger partial charge is 0.0103 e. The summed E-state index contributed by atoms with van der Waals surface area (Å²) in [6.45, 7) is 12.2. The second-order valence-electron chi connectivity index (χ2n) is 8.06. The zero-order valence-electron chi connectivity index (χ0n) is 13.8. The molecule has 0 aromatic heterocycles. The summed E-state index contributed by atoms with van der Waals surface area (Å²) in [4.78, 5) is 0. The van der Waals surface area contributed by atoms with Crippen LogP contribution < -0.4 is 5.32 Å². The summed E-state index contributed by atoms with van der Waals surface area (Å²) in [7, 11) is 0. The SMILES string of the molecule is CC1CCC(C(C)C)C(NC2CCC(C)C(C)C2)C1. The van der Waals surface area contributed by atoms with Crippen LogP contribution in [0.4, 0.5) is 0 Å². The second kappa shape index (κ2) is 6.61. The van der Waals surface area contributed by atoms with Gasteiger partial charge in [-0.15, -0.1) is 0 Å². The molecule has 112 valence electrons. The Labute approximate surface area is 120 Å². The molecule has 0 bridgehead atoms. The third kappa shape index (κ3) is 3.97. The molecule has 0 amide bonds. The monoisotopic (exact) mass is 265 g/mol. The van der Waals surface area contributed by atoms with Crippen LogP contribution in [0, 0.1) is 29.6 Å². The van der Waals surface area contributed by atoms with E-state index in [9.17, 15) is 0 Å². The topological polar surface area (TPSA) is 12.0 Å². The van der Waals surface area contributed by atoms with Gasteiger partial charge in [-0.2, -0.15) is 0 Å². The minimum atomic E-state index is 0.786. The number of rotatable bonds is 3. The fourth-order valence-electron chi connectivity index (χ4n) is 4.40. The number of hydrogen-bond donors (Lipinski definition) is 1. The molecule has 19 heavy (non-hydrogen) atoms. The molecule has 2 fully saturated rings. The van der Waals surface area contributed by atoms with Crippen molar-refractivity contribution in [1.82, 2.24) is 5.32 Å². The van der Waals surface area contributed by atoms with Crippen LogP contribution in [0.3, 0.4) is 0 Å². The van der Waals surface area contributed by atoms with E-state index in [2.05, 4.69) is 39.9 Å². The van der Waals surface area contributed by atoms with E-state index in [1.165, 1.54) is 38.5 Å². The number of hydrogen-bond acceptors (Lipinski definition) is 1. The first-order valence-corrected chi connectivity index (χ1v) is 8.73. The Morgan fingerprint density at radius 3 is 2.21 bits per heavy atom. The second-order valence-corrected chi connectivity index (χ2v) is 8.06. The molecule has 0 radical (unpaired) electrons. The van der Waals surface area contributed by atoms with Gasteiger partial charge in [-0.25, -0.2) is 0 Å². The van der Waals surface area contributed by atoms with E-state index in [1.54, 1.807) is 0 Å². The Kier molecular flexibility index (Phi) is 5.34. The van der Waals surface area contributed by atoms with Crippen LogP contribution in [0.2, 0.25) is 0 Å². The summed E-state index contributed by atoms with van der Waals surface area (Å²) < 4.78 is 0. The van der Waals surface area contributed by atoms with Gasteiger partial charge in [0.15, 0.2) is 0 Å². The van der Waals surface area contributed by atoms with Gasteiger partial charge in [-0.3, -0.25) is 0 Å². The molecule has 1 N–H and O–H groups in total. The van der Waals surface area contributed by atoms with Gasteiger partial charge in [0.1, 0.15) is 0 Å². The first kappa shape index (κ1) is 15.4. The molecular formula is C18H35N. The molecule has 0 heterocycles. The Balaban J connectivity index is 1.91. The van der Waals surface area contributed by atoms with Crippen molar-refractivity contribution in [2.24, 2.45) is 29.6 Å². The predicted octanol–water partition coefficient (Wildman–Crippen LogP) is 4.86. The fourth-order valence-corrected chi connectivity index (χ4v) is 4.40. The highest BCUT2D eigenvalue weighted by Crippen LogP contribution is 2.36. The quantitative estimate of drug-likeness (QED) is 0.768. The highest BCUT2D eigenvalue weighted by atomic mass is 15.0. The summed E-state index contributed by atoms with van der Waals surface area (Å²) in [5, 5.41) is 4.07. The maximum Gasteiger partial charge on any atom is 0.0103 e. The van der Waals surface area contributed by atoms with Crippen LogP contribution in [-0.4, -0.2) is 12.1 Å². The van der Waals surface area contributed by atoms with Crippen LogP contribution in [0.15, 0.2) is 0 Å². The van der Waals surface area contributed by atoms with Gasteiger partial charge in [0.25, 0.3) is 0 Å². The van der Waals surface area contributed by atoms with Crippen molar-refractivity contribution < 1.29 is 0 Å². The van der Waals surface area contributed by atoms with E-state index < -0.39 is 0 Å². The Morgan fingerprint density at radius 2 is 1.58 bits per heavy atom. The minimum absolute atomic E-state index is 0.786. The zero-order chi connectivity index (χ0) is 14.0. The van der Waals surface area contributed by atoms with Crippen molar-refractivity contribution in [1.29, 1.82) is 0 Å². The van der Waals surface area contributed by atoms with E-state index in [0.717, 1.165) is 41.7 Å². The average Bonchev–Trinajstić information content (AvgIpc) is 2.33. The summed E-state index contributed by atoms with van der Waals surface area (Å²) >= 11 is 0.